The quantitative estimate of drug-likeness (QED) is 0.633. The second kappa shape index (κ2) is 5.87. The molecule has 20 heavy (non-hydrogen) atoms. The maximum atomic E-state index is 12.7. The summed E-state index contributed by atoms with van der Waals surface area (Å²) in [5.74, 6) is 0. The number of isocyanates is 1. The van der Waals surface area contributed by atoms with Crippen LogP contribution in [0.2, 0.25) is 0 Å². The molecule has 1 aromatic rings. The van der Waals surface area contributed by atoms with Crippen LogP contribution in [0.4, 0.5) is 0 Å². The smallest absolute Gasteiger partial charge is 0.211 e. The summed E-state index contributed by atoms with van der Waals surface area (Å²) >= 11 is 0. The molecule has 0 N–H and O–H groups in total. The minimum Gasteiger partial charge on any atom is -0.211 e. The van der Waals surface area contributed by atoms with Crippen LogP contribution in [-0.2, 0) is 14.8 Å². The summed E-state index contributed by atoms with van der Waals surface area (Å²) in [6, 6.07) is 5.07. The Balaban J connectivity index is 2.41. The number of nitrogens with zero attached hydrogens (tertiary/aromatic N) is 2. The maximum absolute atomic E-state index is 12.7. The highest BCUT2D eigenvalue weighted by Crippen LogP contribution is 2.26. The molecule has 0 amide bonds. The van der Waals surface area contributed by atoms with E-state index in [1.807, 2.05) is 13.8 Å². The highest BCUT2D eigenvalue weighted by atomic mass is 32.2. The molecule has 2 rings (SSSR count). The standard InChI is InChI=1S/C14H18N2O3S/c1-11-6-7-13(9-12(11)2)20(18,19)16-8-4-3-5-14(16)15-10-17/h6-7,9,14H,3-5,8H2,1-2H3. The van der Waals surface area contributed by atoms with Gasteiger partial charge in [-0.1, -0.05) is 6.07 Å². The van der Waals surface area contributed by atoms with Crippen molar-refractivity contribution in [2.45, 2.75) is 44.2 Å². The number of rotatable bonds is 3. The minimum atomic E-state index is -3.61. The molecule has 1 saturated heterocycles. The van der Waals surface area contributed by atoms with Crippen molar-refractivity contribution >= 4 is 16.1 Å². The van der Waals surface area contributed by atoms with Crippen molar-refractivity contribution in [3.63, 3.8) is 0 Å². The average molecular weight is 294 g/mol. The molecule has 0 saturated carbocycles. The number of hydrogen-bond acceptors (Lipinski definition) is 4. The van der Waals surface area contributed by atoms with E-state index < -0.39 is 16.2 Å². The van der Waals surface area contributed by atoms with Gasteiger partial charge >= 0.3 is 0 Å². The molecule has 1 fully saturated rings. The van der Waals surface area contributed by atoms with Crippen molar-refractivity contribution < 1.29 is 13.2 Å². The molecular formula is C14H18N2O3S. The van der Waals surface area contributed by atoms with Crippen molar-refractivity contribution in [1.29, 1.82) is 0 Å². The van der Waals surface area contributed by atoms with Crippen molar-refractivity contribution in [2.24, 2.45) is 4.99 Å². The van der Waals surface area contributed by atoms with Crippen molar-refractivity contribution in [1.82, 2.24) is 4.31 Å². The monoisotopic (exact) mass is 294 g/mol. The summed E-state index contributed by atoms with van der Waals surface area (Å²) in [4.78, 5) is 14.4. The Kier molecular flexibility index (Phi) is 4.38. The van der Waals surface area contributed by atoms with E-state index in [-0.39, 0.29) is 4.90 Å². The normalized spacial score (nSPS) is 20.4. The van der Waals surface area contributed by atoms with E-state index in [1.54, 1.807) is 18.2 Å². The van der Waals surface area contributed by atoms with Gasteiger partial charge in [0.1, 0.15) is 6.17 Å². The maximum Gasteiger partial charge on any atom is 0.244 e. The molecule has 0 radical (unpaired) electrons. The molecule has 0 aliphatic carbocycles. The Morgan fingerprint density at radius 2 is 2.00 bits per heavy atom. The Hall–Kier alpha value is -1.49. The van der Waals surface area contributed by atoms with Gasteiger partial charge in [0, 0.05) is 6.54 Å². The van der Waals surface area contributed by atoms with Crippen LogP contribution >= 0.6 is 0 Å². The van der Waals surface area contributed by atoms with Crippen LogP contribution in [0.15, 0.2) is 28.1 Å². The number of sulfonamides is 1. The van der Waals surface area contributed by atoms with E-state index in [2.05, 4.69) is 4.99 Å². The summed E-state index contributed by atoms with van der Waals surface area (Å²) in [5.41, 5.74) is 1.98. The lowest BCUT2D eigenvalue weighted by molar-refractivity contribution is 0.259. The third-order valence-electron chi connectivity index (χ3n) is 3.71. The summed E-state index contributed by atoms with van der Waals surface area (Å²) in [6.07, 6.45) is 3.09. The first kappa shape index (κ1) is 14.9. The van der Waals surface area contributed by atoms with Crippen LogP contribution in [0.3, 0.4) is 0 Å². The zero-order chi connectivity index (χ0) is 14.8. The summed E-state index contributed by atoms with van der Waals surface area (Å²) < 4.78 is 26.7. The molecule has 0 aromatic heterocycles. The second-order valence-corrected chi connectivity index (χ2v) is 6.95. The predicted octanol–water partition coefficient (Wildman–Crippen LogP) is 2.14. The third kappa shape index (κ3) is 2.82. The van der Waals surface area contributed by atoms with E-state index >= 15 is 0 Å². The molecule has 0 bridgehead atoms. The second-order valence-electron chi connectivity index (χ2n) is 5.06. The van der Waals surface area contributed by atoms with E-state index in [9.17, 15) is 13.2 Å². The molecule has 6 heteroatoms. The van der Waals surface area contributed by atoms with E-state index in [4.69, 9.17) is 0 Å². The number of hydrogen-bond donors (Lipinski definition) is 0. The van der Waals surface area contributed by atoms with Crippen molar-refractivity contribution in [3.8, 4) is 0 Å². The molecule has 0 spiro atoms. The van der Waals surface area contributed by atoms with Gasteiger partial charge in [-0.2, -0.15) is 9.30 Å². The van der Waals surface area contributed by atoms with Gasteiger partial charge in [0.25, 0.3) is 0 Å². The van der Waals surface area contributed by atoms with E-state index in [0.29, 0.717) is 13.0 Å². The first-order valence-corrected chi connectivity index (χ1v) is 8.07. The highest BCUT2D eigenvalue weighted by molar-refractivity contribution is 7.89. The molecule has 1 unspecified atom stereocenters. The van der Waals surface area contributed by atoms with Gasteiger partial charge in [0.2, 0.25) is 16.1 Å². The molecule has 1 aliphatic rings. The lowest BCUT2D eigenvalue weighted by atomic mass is 10.1. The highest BCUT2D eigenvalue weighted by Gasteiger charge is 2.33. The van der Waals surface area contributed by atoms with Crippen LogP contribution < -0.4 is 0 Å². The summed E-state index contributed by atoms with van der Waals surface area (Å²) in [5, 5.41) is 0. The number of aryl methyl sites for hydroxylation is 2. The van der Waals surface area contributed by atoms with Gasteiger partial charge in [0.05, 0.1) is 4.90 Å². The molecular weight excluding hydrogens is 276 g/mol. The lowest BCUT2D eigenvalue weighted by Crippen LogP contribution is -2.42. The van der Waals surface area contributed by atoms with Gasteiger partial charge in [-0.05, 0) is 56.4 Å². The SMILES string of the molecule is Cc1ccc(S(=O)(=O)N2CCCCC2N=C=O)cc1C. The fraction of sp³-hybridized carbons (Fsp3) is 0.500. The Labute approximate surface area is 119 Å². The van der Waals surface area contributed by atoms with Crippen molar-refractivity contribution in [3.05, 3.63) is 29.3 Å². The van der Waals surface area contributed by atoms with Crippen LogP contribution in [0.5, 0.6) is 0 Å². The minimum absolute atomic E-state index is 0.258. The average Bonchev–Trinajstić information content (AvgIpc) is 2.42. The van der Waals surface area contributed by atoms with Gasteiger partial charge in [0.15, 0.2) is 0 Å². The molecule has 1 aromatic carbocycles. The largest absolute Gasteiger partial charge is 0.244 e. The zero-order valence-electron chi connectivity index (χ0n) is 11.7. The van der Waals surface area contributed by atoms with E-state index in [1.165, 1.54) is 10.4 Å². The van der Waals surface area contributed by atoms with Gasteiger partial charge in [-0.25, -0.2) is 13.2 Å². The fourth-order valence-corrected chi connectivity index (χ4v) is 4.05. The number of carbonyl (C=O) groups excluding carboxylic acids is 1. The fourth-order valence-electron chi connectivity index (χ4n) is 2.37. The molecule has 1 aliphatic heterocycles. The summed E-state index contributed by atoms with van der Waals surface area (Å²) in [6.45, 7) is 4.21. The number of benzene rings is 1. The van der Waals surface area contributed by atoms with Crippen LogP contribution in [0, 0.1) is 13.8 Å². The Bertz CT molecular complexity index is 648. The van der Waals surface area contributed by atoms with Gasteiger partial charge < -0.3 is 0 Å². The Morgan fingerprint density at radius 3 is 2.65 bits per heavy atom. The topological polar surface area (TPSA) is 66.8 Å². The zero-order valence-corrected chi connectivity index (χ0v) is 12.5. The van der Waals surface area contributed by atoms with Gasteiger partial charge in [-0.3, -0.25) is 0 Å². The van der Waals surface area contributed by atoms with E-state index in [0.717, 1.165) is 24.0 Å². The molecule has 108 valence electrons. The van der Waals surface area contributed by atoms with Crippen molar-refractivity contribution in [2.75, 3.05) is 6.54 Å². The molecule has 1 atom stereocenters. The number of aliphatic imine (C=N–C) groups is 1. The first-order valence-electron chi connectivity index (χ1n) is 6.63. The summed E-state index contributed by atoms with van der Waals surface area (Å²) in [7, 11) is -3.61. The first-order chi connectivity index (χ1) is 9.46. The van der Waals surface area contributed by atoms with Gasteiger partial charge in [-0.15, -0.1) is 0 Å². The molecule has 1 heterocycles. The van der Waals surface area contributed by atoms with Crippen LogP contribution in [-0.4, -0.2) is 31.5 Å². The predicted molar refractivity (Wildman–Crippen MR) is 75.6 cm³/mol. The molecule has 5 nitrogen and oxygen atoms in total. The third-order valence-corrected chi connectivity index (χ3v) is 5.60. The lowest BCUT2D eigenvalue weighted by Gasteiger charge is -2.31. The van der Waals surface area contributed by atoms with Crippen LogP contribution in [0.25, 0.3) is 0 Å². The van der Waals surface area contributed by atoms with Crippen LogP contribution in [0.1, 0.15) is 30.4 Å². The Morgan fingerprint density at radius 1 is 1.25 bits per heavy atom. The number of piperidine rings is 1.